The Morgan fingerprint density at radius 2 is 2.27 bits per heavy atom. The molecule has 0 aliphatic carbocycles. The highest BCUT2D eigenvalue weighted by molar-refractivity contribution is 5.95. The molecule has 74 valence electrons. The molecule has 0 unspecified atom stereocenters. The van der Waals surface area contributed by atoms with E-state index in [0.717, 1.165) is 0 Å². The van der Waals surface area contributed by atoms with Gasteiger partial charge in [-0.15, -0.1) is 0 Å². The van der Waals surface area contributed by atoms with E-state index in [0.29, 0.717) is 5.56 Å². The third-order valence-corrected chi connectivity index (χ3v) is 1.73. The molecule has 4 heteroatoms. The van der Waals surface area contributed by atoms with Crippen LogP contribution >= 0.6 is 0 Å². The van der Waals surface area contributed by atoms with Crippen molar-refractivity contribution in [2.75, 3.05) is 5.73 Å². The van der Waals surface area contributed by atoms with Crippen LogP contribution in [-0.4, -0.2) is 11.1 Å². The zero-order chi connectivity index (χ0) is 11.3. The molecule has 0 aliphatic heterocycles. The first-order valence-electron chi connectivity index (χ1n) is 4.14. The van der Waals surface area contributed by atoms with Crippen LogP contribution in [0.4, 0.5) is 5.69 Å². The number of anilines is 1. The summed E-state index contributed by atoms with van der Waals surface area (Å²) in [6, 6.07) is 6.46. The molecule has 0 saturated heterocycles. The summed E-state index contributed by atoms with van der Waals surface area (Å²) >= 11 is 0. The van der Waals surface area contributed by atoms with E-state index >= 15 is 0 Å². The number of para-hydroxylation sites is 1. The van der Waals surface area contributed by atoms with Gasteiger partial charge in [-0.3, -0.25) is 0 Å². The molecule has 0 heterocycles. The van der Waals surface area contributed by atoms with Crippen molar-refractivity contribution in [3.8, 4) is 17.9 Å². The first-order valence-corrected chi connectivity index (χ1v) is 4.14. The van der Waals surface area contributed by atoms with Crippen LogP contribution in [0, 0.1) is 23.2 Å². The third kappa shape index (κ3) is 2.49. The molecule has 0 bridgehead atoms. The van der Waals surface area contributed by atoms with Gasteiger partial charge in [0.2, 0.25) is 0 Å². The highest BCUT2D eigenvalue weighted by Gasteiger charge is 2.08. The molecule has 0 amide bonds. The Balaban J connectivity index is 3.13. The van der Waals surface area contributed by atoms with Crippen LogP contribution in [0.3, 0.4) is 0 Å². The molecular weight excluding hydrogens is 192 g/mol. The van der Waals surface area contributed by atoms with Crippen LogP contribution in [0.5, 0.6) is 0 Å². The van der Waals surface area contributed by atoms with Gasteiger partial charge in [0.25, 0.3) is 0 Å². The molecule has 0 spiro atoms. The minimum atomic E-state index is -1.09. The zero-order valence-electron chi connectivity index (χ0n) is 7.82. The fraction of sp³-hybridized carbons (Fsp3) is 0.0909. The van der Waals surface area contributed by atoms with E-state index in [-0.39, 0.29) is 17.7 Å². The Kier molecular flexibility index (Phi) is 3.32. The number of carboxylic acid groups (broad SMARTS) is 1. The maximum atomic E-state index is 10.7. The number of aromatic carboxylic acids is 1. The van der Waals surface area contributed by atoms with E-state index in [1.807, 2.05) is 6.07 Å². The molecule has 0 aliphatic rings. The van der Waals surface area contributed by atoms with Gasteiger partial charge in [0.15, 0.2) is 0 Å². The van der Waals surface area contributed by atoms with Gasteiger partial charge in [-0.2, -0.15) is 5.26 Å². The lowest BCUT2D eigenvalue weighted by Gasteiger charge is -2.01. The normalized spacial score (nSPS) is 8.47. The van der Waals surface area contributed by atoms with Crippen LogP contribution in [0.1, 0.15) is 22.3 Å². The van der Waals surface area contributed by atoms with E-state index in [1.54, 1.807) is 12.1 Å². The number of nitrogens with zero attached hydrogens (tertiary/aromatic N) is 1. The molecule has 3 N–H and O–H groups in total. The first kappa shape index (κ1) is 10.6. The summed E-state index contributed by atoms with van der Waals surface area (Å²) in [6.45, 7) is 0. The van der Waals surface area contributed by atoms with E-state index < -0.39 is 5.97 Å². The number of nitrogens with two attached hydrogens (primary N) is 1. The van der Waals surface area contributed by atoms with Gasteiger partial charge in [0.1, 0.15) is 0 Å². The van der Waals surface area contributed by atoms with Crippen molar-refractivity contribution in [1.29, 1.82) is 5.26 Å². The molecule has 0 saturated carbocycles. The van der Waals surface area contributed by atoms with Crippen molar-refractivity contribution in [1.82, 2.24) is 0 Å². The predicted molar refractivity (Wildman–Crippen MR) is 54.9 cm³/mol. The monoisotopic (exact) mass is 200 g/mol. The number of carbonyl (C=O) groups is 1. The van der Waals surface area contributed by atoms with Gasteiger partial charge in [0, 0.05) is 5.56 Å². The second kappa shape index (κ2) is 4.69. The van der Waals surface area contributed by atoms with Crippen LogP contribution < -0.4 is 5.73 Å². The van der Waals surface area contributed by atoms with E-state index in [9.17, 15) is 4.79 Å². The van der Waals surface area contributed by atoms with Crippen molar-refractivity contribution in [2.45, 2.75) is 6.42 Å². The Hall–Kier alpha value is -2.46. The largest absolute Gasteiger partial charge is 0.478 e. The molecule has 0 aromatic heterocycles. The lowest BCUT2D eigenvalue weighted by molar-refractivity contribution is 0.0698. The van der Waals surface area contributed by atoms with Crippen molar-refractivity contribution >= 4 is 11.7 Å². The molecule has 0 fully saturated rings. The molecular formula is C11H8N2O2. The van der Waals surface area contributed by atoms with Crippen molar-refractivity contribution in [3.63, 3.8) is 0 Å². The number of hydrogen-bond acceptors (Lipinski definition) is 3. The number of carboxylic acids is 1. The topological polar surface area (TPSA) is 87.1 Å². The van der Waals surface area contributed by atoms with Gasteiger partial charge in [-0.05, 0) is 12.1 Å². The summed E-state index contributed by atoms with van der Waals surface area (Å²) in [5, 5.41) is 17.1. The molecule has 4 nitrogen and oxygen atoms in total. The second-order valence-corrected chi connectivity index (χ2v) is 2.71. The first-order chi connectivity index (χ1) is 7.16. The average molecular weight is 200 g/mol. The standard InChI is InChI=1S/C11H8N2O2/c12-7-2-1-4-8-5-3-6-9(10(8)13)11(14)15/h3,5-6H,2,13H2,(H,14,15). The Morgan fingerprint density at radius 1 is 1.53 bits per heavy atom. The van der Waals surface area contributed by atoms with Crippen LogP contribution in [0.25, 0.3) is 0 Å². The number of benzene rings is 1. The van der Waals surface area contributed by atoms with Crippen molar-refractivity contribution < 1.29 is 9.90 Å². The maximum Gasteiger partial charge on any atom is 0.337 e. The molecule has 0 radical (unpaired) electrons. The summed E-state index contributed by atoms with van der Waals surface area (Å²) in [6.07, 6.45) is 0.0940. The third-order valence-electron chi connectivity index (χ3n) is 1.73. The average Bonchev–Trinajstić information content (AvgIpc) is 2.20. The van der Waals surface area contributed by atoms with Gasteiger partial charge in [-0.1, -0.05) is 17.9 Å². The SMILES string of the molecule is N#CCC#Cc1cccc(C(=O)O)c1N. The van der Waals surface area contributed by atoms with Gasteiger partial charge in [0.05, 0.1) is 23.7 Å². The van der Waals surface area contributed by atoms with E-state index in [4.69, 9.17) is 16.1 Å². The zero-order valence-corrected chi connectivity index (χ0v) is 7.82. The van der Waals surface area contributed by atoms with E-state index in [1.165, 1.54) is 6.07 Å². The summed E-state index contributed by atoms with van der Waals surface area (Å²) in [4.78, 5) is 10.7. The Labute approximate surface area is 86.9 Å². The molecule has 15 heavy (non-hydrogen) atoms. The van der Waals surface area contributed by atoms with Crippen LogP contribution in [-0.2, 0) is 0 Å². The highest BCUT2D eigenvalue weighted by atomic mass is 16.4. The fourth-order valence-electron chi connectivity index (χ4n) is 1.04. The summed E-state index contributed by atoms with van der Waals surface area (Å²) in [5.74, 6) is 4.14. The second-order valence-electron chi connectivity index (χ2n) is 2.71. The van der Waals surface area contributed by atoms with Gasteiger partial charge >= 0.3 is 5.97 Å². The number of nitriles is 1. The Morgan fingerprint density at radius 3 is 2.87 bits per heavy atom. The summed E-state index contributed by atoms with van der Waals surface area (Å²) in [5.41, 5.74) is 6.20. The summed E-state index contributed by atoms with van der Waals surface area (Å²) in [7, 11) is 0. The summed E-state index contributed by atoms with van der Waals surface area (Å²) < 4.78 is 0. The molecule has 1 rings (SSSR count). The van der Waals surface area contributed by atoms with E-state index in [2.05, 4.69) is 11.8 Å². The number of hydrogen-bond donors (Lipinski definition) is 2. The fourth-order valence-corrected chi connectivity index (χ4v) is 1.04. The quantitative estimate of drug-likeness (QED) is 0.527. The lowest BCUT2D eigenvalue weighted by atomic mass is 10.1. The smallest absolute Gasteiger partial charge is 0.337 e. The van der Waals surface area contributed by atoms with Crippen LogP contribution in [0.15, 0.2) is 18.2 Å². The predicted octanol–water partition coefficient (Wildman–Crippen LogP) is 1.23. The molecule has 1 aromatic carbocycles. The van der Waals surface area contributed by atoms with Crippen LogP contribution in [0.2, 0.25) is 0 Å². The minimum Gasteiger partial charge on any atom is -0.478 e. The Bertz CT molecular complexity index is 490. The number of nitrogen functional groups attached to an aromatic ring is 1. The number of rotatable bonds is 1. The maximum absolute atomic E-state index is 10.7. The van der Waals surface area contributed by atoms with Crippen molar-refractivity contribution in [3.05, 3.63) is 29.3 Å². The van der Waals surface area contributed by atoms with Gasteiger partial charge < -0.3 is 10.8 Å². The van der Waals surface area contributed by atoms with Gasteiger partial charge in [-0.25, -0.2) is 4.79 Å². The lowest BCUT2D eigenvalue weighted by Crippen LogP contribution is -2.03. The molecule has 1 aromatic rings. The molecule has 0 atom stereocenters. The highest BCUT2D eigenvalue weighted by Crippen LogP contribution is 2.16. The minimum absolute atomic E-state index is 0.0266. The van der Waals surface area contributed by atoms with Crippen molar-refractivity contribution in [2.24, 2.45) is 0 Å².